The van der Waals surface area contributed by atoms with Crippen molar-refractivity contribution in [2.75, 3.05) is 19.6 Å². The number of benzene rings is 22. The molecule has 12 nitrogen and oxygen atoms in total. The van der Waals surface area contributed by atoms with Crippen LogP contribution in [0.15, 0.2) is 481 Å². The number of nitrogens with zero attached hydrogens (tertiary/aromatic N) is 4. The Hall–Kier alpha value is -18.0. The maximum absolute atomic E-state index is 11.9. The topological polar surface area (TPSA) is 118 Å². The normalized spacial score (nSPS) is 11.0. The average molecular weight is 1740 g/mol. The molecule has 0 aromatic heterocycles. The van der Waals surface area contributed by atoms with Crippen molar-refractivity contribution in [3.63, 3.8) is 0 Å². The van der Waals surface area contributed by atoms with Gasteiger partial charge in [0, 0.05) is 91.4 Å². The molecule has 134 heavy (non-hydrogen) atoms. The van der Waals surface area contributed by atoms with Gasteiger partial charge < -0.3 is 38.5 Å². The van der Waals surface area contributed by atoms with Gasteiger partial charge in [-0.15, -0.1) is 0 Å². The van der Waals surface area contributed by atoms with Gasteiger partial charge in [0.2, 0.25) is 0 Å². The van der Waals surface area contributed by atoms with E-state index in [9.17, 15) is 19.2 Å². The third kappa shape index (κ3) is 18.0. The molecule has 22 rings (SSSR count). The van der Waals surface area contributed by atoms with Gasteiger partial charge in [0.15, 0.2) is 0 Å². The molecule has 0 N–H and O–H groups in total. The average Bonchev–Trinajstić information content (AvgIpc) is 0.735. The molecule has 0 atom stereocenters. The highest BCUT2D eigenvalue weighted by atomic mass is 16.5. The molecule has 12 heteroatoms. The predicted molar refractivity (Wildman–Crippen MR) is 555 cm³/mol. The molecule has 22 aromatic carbocycles. The lowest BCUT2D eigenvalue weighted by molar-refractivity contribution is -0.130. The Morgan fingerprint density at radius 2 is 0.455 bits per heavy atom. The molecule has 22 aromatic rings. The number of carbonyl (C=O) groups excluding carboxylic acids is 4. The number of hydrogen-bond acceptors (Lipinski definition) is 12. The Morgan fingerprint density at radius 3 is 0.761 bits per heavy atom. The van der Waals surface area contributed by atoms with Crippen molar-refractivity contribution in [3.05, 3.63) is 486 Å². The van der Waals surface area contributed by atoms with Gasteiger partial charge in [0.1, 0.15) is 23.0 Å². The second-order valence-electron chi connectivity index (χ2n) is 32.5. The molecule has 0 saturated heterocycles. The lowest BCUT2D eigenvalue weighted by Gasteiger charge is -2.28. The van der Waals surface area contributed by atoms with Crippen LogP contribution in [0.2, 0.25) is 0 Å². The number of para-hydroxylation sites is 1. The minimum absolute atomic E-state index is 0.369. The highest BCUT2D eigenvalue weighted by Crippen LogP contribution is 2.48. The van der Waals surface area contributed by atoms with Crippen LogP contribution in [0.4, 0.5) is 68.2 Å². The maximum atomic E-state index is 11.9. The van der Waals surface area contributed by atoms with E-state index in [0.717, 1.165) is 86.5 Å². The van der Waals surface area contributed by atoms with Crippen molar-refractivity contribution in [2.45, 2.75) is 13.8 Å². The number of aryl methyl sites for hydroxylation is 1. The largest absolute Gasteiger partial charge is 0.423 e. The predicted octanol–water partition coefficient (Wildman–Crippen LogP) is 32.1. The van der Waals surface area contributed by atoms with E-state index in [1.807, 2.05) is 127 Å². The summed E-state index contributed by atoms with van der Waals surface area (Å²) in [6.07, 6.45) is 3.48. The summed E-state index contributed by atoms with van der Waals surface area (Å²) in [5, 5.41) is 24.4. The van der Waals surface area contributed by atoms with Crippen molar-refractivity contribution >= 4 is 200 Å². The van der Waals surface area contributed by atoms with Crippen molar-refractivity contribution in [2.24, 2.45) is 0 Å². The van der Waals surface area contributed by atoms with Gasteiger partial charge in [-0.25, -0.2) is 19.2 Å². The molecule has 0 saturated carbocycles. The van der Waals surface area contributed by atoms with E-state index >= 15 is 0 Å². The Morgan fingerprint density at radius 1 is 0.224 bits per heavy atom. The van der Waals surface area contributed by atoms with Gasteiger partial charge in [-0.3, -0.25) is 0 Å². The molecule has 0 aliphatic rings. The molecular formula is C122H88N4O8. The summed E-state index contributed by atoms with van der Waals surface area (Å²) in [5.41, 5.74) is 13.9. The zero-order valence-corrected chi connectivity index (χ0v) is 73.6. The summed E-state index contributed by atoms with van der Waals surface area (Å²) >= 11 is 0. The van der Waals surface area contributed by atoms with Crippen LogP contribution in [-0.2, 0) is 19.2 Å². The zero-order chi connectivity index (χ0) is 91.7. The fourth-order valence-corrected chi connectivity index (χ4v) is 17.4. The Kier molecular flexibility index (Phi) is 24.3. The summed E-state index contributed by atoms with van der Waals surface area (Å²) in [5.74, 6) is 0.0935. The monoisotopic (exact) mass is 1740 g/mol. The van der Waals surface area contributed by atoms with E-state index in [2.05, 4.69) is 344 Å². The second kappa shape index (κ2) is 38.1. The summed E-state index contributed by atoms with van der Waals surface area (Å²) in [6.45, 7) is 17.8. The zero-order valence-electron chi connectivity index (χ0n) is 73.6. The molecule has 0 fully saturated rings. The van der Waals surface area contributed by atoms with Crippen molar-refractivity contribution in [1.82, 2.24) is 0 Å². The van der Waals surface area contributed by atoms with Crippen LogP contribution >= 0.6 is 0 Å². The Balaban J connectivity index is 0.000000115. The van der Waals surface area contributed by atoms with Crippen LogP contribution in [-0.4, -0.2) is 23.9 Å². The highest BCUT2D eigenvalue weighted by Gasteiger charge is 2.24. The fraction of sp³-hybridized carbons (Fsp3) is 0.0164. The number of carbonyl (C=O) groups is 4. The number of ether oxygens (including phenoxy) is 4. The third-order valence-corrected chi connectivity index (χ3v) is 23.9. The third-order valence-electron chi connectivity index (χ3n) is 23.9. The number of hydrogen-bond donors (Lipinski definition) is 0. The first-order valence-corrected chi connectivity index (χ1v) is 44.1. The molecule has 0 heterocycles. The standard InChI is InChI=1S/C32H23NO2.C31H21NO2.C30H23NO2.C29H21NO2/c1-3-30(34)35-27-17-15-26(16-18-27)33(25-13-7-21(2)8-14-25)29-20-12-24-10-9-22-5-4-6-23-11-19-28(29)32(24)31(22)23;1-2-29(33)34-26-17-15-25(16-18-26)32(24-9-4-3-5-10-24)28-20-14-23-12-11-21-7-6-8-22-13-19-27(28)31(23)30(21)22;1-21(2)30(32)33-29-17-15-26(16-18-29)31(27-13-11-22-7-3-5-9-24(22)19-27)28-14-12-23-8-4-6-10-25(23)20-28;1-2-29(31)32-28-17-15-25(16-18-28)30(26-13-11-21-7-3-5-9-23(21)19-26)27-14-12-22-8-4-6-10-24(22)20-27/h3-20H,1H2,2H3;2-20H,1H2;3-20H,1H2,2H3;2-20H,1H2. The fourth-order valence-electron chi connectivity index (χ4n) is 17.4. The van der Waals surface area contributed by atoms with Crippen LogP contribution in [0.5, 0.6) is 23.0 Å². The second-order valence-corrected chi connectivity index (χ2v) is 32.5. The number of fused-ring (bicyclic) bond motifs is 4. The molecule has 0 radical (unpaired) electrons. The molecular weight excluding hydrogens is 1650 g/mol. The Labute approximate surface area is 775 Å². The molecule has 0 unspecified atom stereocenters. The lowest BCUT2D eigenvalue weighted by Crippen LogP contribution is -2.11. The van der Waals surface area contributed by atoms with E-state index in [1.165, 1.54) is 113 Å². The van der Waals surface area contributed by atoms with Crippen LogP contribution in [0.25, 0.3) is 108 Å². The summed E-state index contributed by atoms with van der Waals surface area (Å²) < 4.78 is 21.2. The van der Waals surface area contributed by atoms with Crippen molar-refractivity contribution in [1.29, 1.82) is 0 Å². The van der Waals surface area contributed by atoms with Crippen molar-refractivity contribution in [3.8, 4) is 23.0 Å². The first-order chi connectivity index (χ1) is 65.6. The SMILES string of the molecule is C=C(C)C(=O)Oc1ccc(N(c2ccc3ccccc3c2)c2ccc3ccccc3c2)cc1.C=CC(=O)Oc1ccc(N(c2ccc(C)cc2)c2ccc3ccc4cccc5ccc2c3c45)cc1.C=CC(=O)Oc1ccc(N(c2ccc3ccccc3c2)c2ccc3ccccc3c2)cc1.C=CC(=O)Oc1ccc(N(c2ccccc2)c2ccc3ccc4cccc5ccc2c3c45)cc1. The van der Waals surface area contributed by atoms with Gasteiger partial charge in [-0.2, -0.15) is 0 Å². The van der Waals surface area contributed by atoms with Gasteiger partial charge in [-0.05, 0) is 293 Å². The number of rotatable bonds is 20. The quantitative estimate of drug-likeness (QED) is 0.0313. The van der Waals surface area contributed by atoms with Crippen LogP contribution in [0.1, 0.15) is 12.5 Å². The van der Waals surface area contributed by atoms with Crippen molar-refractivity contribution < 1.29 is 38.1 Å². The molecule has 0 spiro atoms. The number of anilines is 12. The Bertz CT molecular complexity index is 8010. The van der Waals surface area contributed by atoms with Gasteiger partial charge >= 0.3 is 23.9 Å². The number of esters is 4. The van der Waals surface area contributed by atoms with Crippen LogP contribution in [0.3, 0.4) is 0 Å². The molecule has 0 aliphatic carbocycles. The summed E-state index contributed by atoms with van der Waals surface area (Å²) in [4.78, 5) is 55.6. The smallest absolute Gasteiger partial charge is 0.338 e. The van der Waals surface area contributed by atoms with Gasteiger partial charge in [-0.1, -0.05) is 281 Å². The lowest BCUT2D eigenvalue weighted by atomic mass is 9.93. The minimum Gasteiger partial charge on any atom is -0.423 e. The molecule has 0 aliphatic heterocycles. The summed E-state index contributed by atoms with van der Waals surface area (Å²) in [6, 6.07) is 148. The van der Waals surface area contributed by atoms with Crippen LogP contribution < -0.4 is 38.5 Å². The van der Waals surface area contributed by atoms with E-state index in [0.29, 0.717) is 28.6 Å². The van der Waals surface area contributed by atoms with Crippen LogP contribution in [0, 0.1) is 6.92 Å². The first kappa shape index (κ1) is 85.4. The van der Waals surface area contributed by atoms with Gasteiger partial charge in [0.25, 0.3) is 0 Å². The van der Waals surface area contributed by atoms with E-state index in [-0.39, 0.29) is 0 Å². The first-order valence-electron chi connectivity index (χ1n) is 44.1. The molecule has 644 valence electrons. The highest BCUT2D eigenvalue weighted by molar-refractivity contribution is 6.27. The molecule has 0 bridgehead atoms. The van der Waals surface area contributed by atoms with E-state index in [1.54, 1.807) is 19.1 Å². The van der Waals surface area contributed by atoms with E-state index in [4.69, 9.17) is 18.9 Å². The maximum Gasteiger partial charge on any atom is 0.338 e. The summed E-state index contributed by atoms with van der Waals surface area (Å²) in [7, 11) is 0. The van der Waals surface area contributed by atoms with Gasteiger partial charge in [0.05, 0.1) is 11.4 Å². The molecule has 0 amide bonds. The van der Waals surface area contributed by atoms with E-state index < -0.39 is 23.9 Å². The minimum atomic E-state index is -0.473.